The number of rotatable bonds is 3. The fourth-order valence-electron chi connectivity index (χ4n) is 2.07. The number of allylic oxidation sites excluding steroid dienone is 1. The zero-order chi connectivity index (χ0) is 13.9. The van der Waals surface area contributed by atoms with Crippen molar-refractivity contribution in [3.05, 3.63) is 11.6 Å². The minimum atomic E-state index is -0.395. The van der Waals surface area contributed by atoms with Gasteiger partial charge in [0.05, 0.1) is 0 Å². The molecule has 4 nitrogen and oxygen atoms in total. The van der Waals surface area contributed by atoms with Gasteiger partial charge in [0.25, 0.3) is 0 Å². The summed E-state index contributed by atoms with van der Waals surface area (Å²) in [4.78, 5) is 26.0. The lowest BCUT2D eigenvalue weighted by Gasteiger charge is -2.29. The van der Waals surface area contributed by atoms with Crippen LogP contribution in [0.25, 0.3) is 0 Å². The van der Waals surface area contributed by atoms with Crippen molar-refractivity contribution < 1.29 is 9.59 Å². The van der Waals surface area contributed by atoms with Gasteiger partial charge in [-0.2, -0.15) is 0 Å². The van der Waals surface area contributed by atoms with Crippen molar-refractivity contribution in [2.45, 2.75) is 53.1 Å². The first kappa shape index (κ1) is 14.7. The maximum absolute atomic E-state index is 12.4. The van der Waals surface area contributed by atoms with Crippen LogP contribution in [0.5, 0.6) is 0 Å². The molecule has 0 bridgehead atoms. The Morgan fingerprint density at radius 1 is 1.44 bits per heavy atom. The van der Waals surface area contributed by atoms with Gasteiger partial charge in [0.15, 0.2) is 0 Å². The van der Waals surface area contributed by atoms with E-state index in [2.05, 4.69) is 5.32 Å². The van der Waals surface area contributed by atoms with Crippen LogP contribution in [0.15, 0.2) is 11.6 Å². The molecule has 0 radical (unpaired) electrons. The fraction of sp³-hybridized carbons (Fsp3) is 0.714. The van der Waals surface area contributed by atoms with E-state index in [0.717, 1.165) is 0 Å². The van der Waals surface area contributed by atoms with Crippen LogP contribution in [0.2, 0.25) is 0 Å². The van der Waals surface area contributed by atoms with Gasteiger partial charge in [0.2, 0.25) is 11.8 Å². The second kappa shape index (κ2) is 6.03. The molecule has 0 aromatic rings. The molecule has 0 saturated carbocycles. The molecule has 1 heterocycles. The summed E-state index contributed by atoms with van der Waals surface area (Å²) in [6.07, 6.45) is 2.41. The topological polar surface area (TPSA) is 49.4 Å². The molecule has 4 heteroatoms. The molecule has 18 heavy (non-hydrogen) atoms. The summed E-state index contributed by atoms with van der Waals surface area (Å²) in [7, 11) is 0. The predicted molar refractivity (Wildman–Crippen MR) is 72.0 cm³/mol. The van der Waals surface area contributed by atoms with E-state index in [1.54, 1.807) is 4.90 Å². The zero-order valence-corrected chi connectivity index (χ0v) is 12.0. The summed E-state index contributed by atoms with van der Waals surface area (Å²) in [5.74, 6) is 0.107. The highest BCUT2D eigenvalue weighted by molar-refractivity contribution is 5.90. The van der Waals surface area contributed by atoms with Crippen molar-refractivity contribution in [3.8, 4) is 0 Å². The molecule has 1 N–H and O–H groups in total. The van der Waals surface area contributed by atoms with Gasteiger partial charge in [0, 0.05) is 19.0 Å². The third kappa shape index (κ3) is 3.59. The summed E-state index contributed by atoms with van der Waals surface area (Å²) >= 11 is 0. The summed E-state index contributed by atoms with van der Waals surface area (Å²) in [6.45, 7) is 10.4. The number of nitrogens with zero attached hydrogens (tertiary/aromatic N) is 1. The zero-order valence-electron chi connectivity index (χ0n) is 12.0. The molecule has 1 rings (SSSR count). The number of hydrogen-bond acceptors (Lipinski definition) is 2. The number of carbonyl (C=O) groups excluding carboxylic acids is 2. The lowest BCUT2D eigenvalue weighted by atomic mass is 10.0. The standard InChI is InChI=1S/C14H24N2O2/c1-9(2)6-7-16-11(5)8-12(17)15-13(10(3)4)14(16)18/h6,10-11,13H,7-8H2,1-5H3,(H,15,17). The summed E-state index contributed by atoms with van der Waals surface area (Å²) < 4.78 is 0. The predicted octanol–water partition coefficient (Wildman–Crippen LogP) is 1.71. The molecule has 0 aromatic carbocycles. The second-order valence-corrected chi connectivity index (χ2v) is 5.61. The van der Waals surface area contributed by atoms with Crippen LogP contribution in [-0.2, 0) is 9.59 Å². The quantitative estimate of drug-likeness (QED) is 0.777. The Bertz CT molecular complexity index is 357. The van der Waals surface area contributed by atoms with Crippen LogP contribution in [0.1, 0.15) is 41.0 Å². The van der Waals surface area contributed by atoms with Crippen LogP contribution in [0.3, 0.4) is 0 Å². The molecular formula is C14H24N2O2. The van der Waals surface area contributed by atoms with E-state index in [-0.39, 0.29) is 23.8 Å². The molecule has 0 spiro atoms. The molecule has 1 aliphatic heterocycles. The summed E-state index contributed by atoms with van der Waals surface area (Å²) in [5, 5.41) is 2.83. The molecule has 2 atom stereocenters. The maximum Gasteiger partial charge on any atom is 0.245 e. The van der Waals surface area contributed by atoms with E-state index in [1.807, 2.05) is 40.7 Å². The number of amides is 2. The minimum absolute atomic E-state index is 0.0286. The van der Waals surface area contributed by atoms with Gasteiger partial charge in [-0.05, 0) is 26.7 Å². The van der Waals surface area contributed by atoms with Crippen molar-refractivity contribution in [2.24, 2.45) is 5.92 Å². The Kier molecular flexibility index (Phi) is 4.93. The van der Waals surface area contributed by atoms with Crippen LogP contribution in [0.4, 0.5) is 0 Å². The summed E-state index contributed by atoms with van der Waals surface area (Å²) in [5.41, 5.74) is 1.18. The molecule has 0 aromatic heterocycles. The van der Waals surface area contributed by atoms with Gasteiger partial charge in [0.1, 0.15) is 6.04 Å². The Morgan fingerprint density at radius 2 is 2.06 bits per heavy atom. The molecule has 2 amide bonds. The summed E-state index contributed by atoms with van der Waals surface area (Å²) in [6, 6.07) is -0.440. The SMILES string of the molecule is CC(C)=CCN1C(=O)C(C(C)C)NC(=O)CC1C. The Balaban J connectivity index is 2.94. The highest BCUT2D eigenvalue weighted by Gasteiger charge is 2.34. The van der Waals surface area contributed by atoms with Gasteiger partial charge in [-0.1, -0.05) is 25.5 Å². The van der Waals surface area contributed by atoms with Crippen molar-refractivity contribution in [1.29, 1.82) is 0 Å². The van der Waals surface area contributed by atoms with Crippen molar-refractivity contribution >= 4 is 11.8 Å². The highest BCUT2D eigenvalue weighted by atomic mass is 16.2. The average Bonchev–Trinajstić information content (AvgIpc) is 2.34. The third-order valence-corrected chi connectivity index (χ3v) is 3.24. The van der Waals surface area contributed by atoms with Crippen molar-refractivity contribution in [2.75, 3.05) is 6.54 Å². The maximum atomic E-state index is 12.4. The largest absolute Gasteiger partial charge is 0.344 e. The van der Waals surface area contributed by atoms with E-state index in [1.165, 1.54) is 5.57 Å². The van der Waals surface area contributed by atoms with Gasteiger partial charge in [-0.25, -0.2) is 0 Å². The van der Waals surface area contributed by atoms with Crippen molar-refractivity contribution in [3.63, 3.8) is 0 Å². The van der Waals surface area contributed by atoms with E-state index >= 15 is 0 Å². The molecule has 1 aliphatic rings. The van der Waals surface area contributed by atoms with Crippen LogP contribution in [-0.4, -0.2) is 35.3 Å². The van der Waals surface area contributed by atoms with Gasteiger partial charge in [-0.15, -0.1) is 0 Å². The molecule has 102 valence electrons. The number of nitrogens with one attached hydrogen (secondary N) is 1. The lowest BCUT2D eigenvalue weighted by molar-refractivity contribution is -0.135. The number of hydrogen-bond donors (Lipinski definition) is 1. The molecule has 2 unspecified atom stereocenters. The Morgan fingerprint density at radius 3 is 2.56 bits per heavy atom. The van der Waals surface area contributed by atoms with Gasteiger partial charge >= 0.3 is 0 Å². The third-order valence-electron chi connectivity index (χ3n) is 3.24. The van der Waals surface area contributed by atoms with E-state index in [9.17, 15) is 9.59 Å². The second-order valence-electron chi connectivity index (χ2n) is 5.61. The van der Waals surface area contributed by atoms with E-state index in [4.69, 9.17) is 0 Å². The normalized spacial score (nSPS) is 24.9. The van der Waals surface area contributed by atoms with Crippen LogP contribution in [0, 0.1) is 5.92 Å². The lowest BCUT2D eigenvalue weighted by Crippen LogP contribution is -2.49. The monoisotopic (exact) mass is 252 g/mol. The first-order valence-corrected chi connectivity index (χ1v) is 6.56. The Labute approximate surface area is 109 Å². The van der Waals surface area contributed by atoms with Crippen LogP contribution < -0.4 is 5.32 Å². The molecule has 0 aliphatic carbocycles. The first-order chi connectivity index (χ1) is 8.32. The minimum Gasteiger partial charge on any atom is -0.344 e. The Hall–Kier alpha value is -1.32. The smallest absolute Gasteiger partial charge is 0.245 e. The first-order valence-electron chi connectivity index (χ1n) is 6.56. The van der Waals surface area contributed by atoms with Gasteiger partial charge < -0.3 is 10.2 Å². The van der Waals surface area contributed by atoms with E-state index in [0.29, 0.717) is 13.0 Å². The van der Waals surface area contributed by atoms with E-state index < -0.39 is 6.04 Å². The average molecular weight is 252 g/mol. The van der Waals surface area contributed by atoms with Crippen molar-refractivity contribution in [1.82, 2.24) is 10.2 Å². The van der Waals surface area contributed by atoms with Gasteiger partial charge in [-0.3, -0.25) is 9.59 Å². The number of carbonyl (C=O) groups is 2. The molecule has 1 saturated heterocycles. The fourth-order valence-corrected chi connectivity index (χ4v) is 2.07. The van der Waals surface area contributed by atoms with Crippen LogP contribution >= 0.6 is 0 Å². The highest BCUT2D eigenvalue weighted by Crippen LogP contribution is 2.16. The molecular weight excluding hydrogens is 228 g/mol. The molecule has 1 fully saturated rings.